The lowest BCUT2D eigenvalue weighted by atomic mass is 9.99. The van der Waals surface area contributed by atoms with Crippen LogP contribution in [0.25, 0.3) is 0 Å². The Morgan fingerprint density at radius 2 is 2.15 bits per heavy atom. The molecule has 1 amide bonds. The molecule has 8 heteroatoms. The molecule has 1 N–H and O–H groups in total. The first-order valence-electron chi connectivity index (χ1n) is 6.27. The van der Waals surface area contributed by atoms with Crippen LogP contribution < -0.4 is 0 Å². The monoisotopic (exact) mass is 296 g/mol. The Kier molecular flexibility index (Phi) is 2.97. The van der Waals surface area contributed by atoms with Crippen LogP contribution >= 0.6 is 11.3 Å². The van der Waals surface area contributed by atoms with Crippen molar-refractivity contribution in [3.63, 3.8) is 0 Å². The van der Waals surface area contributed by atoms with E-state index in [0.717, 1.165) is 24.2 Å². The predicted molar refractivity (Wildman–Crippen MR) is 69.3 cm³/mol. The molecule has 2 aliphatic rings. The lowest BCUT2D eigenvalue weighted by Crippen LogP contribution is -2.31. The molecule has 1 saturated carbocycles. The van der Waals surface area contributed by atoms with Gasteiger partial charge < -0.3 is 10.0 Å². The number of carboxylic acids is 1. The zero-order valence-corrected chi connectivity index (χ0v) is 11.2. The van der Waals surface area contributed by atoms with Crippen LogP contribution in [0.1, 0.15) is 30.2 Å². The molecular formula is C12H12N2O5S. The second-order valence-corrected chi connectivity index (χ2v) is 6.15. The maximum atomic E-state index is 12.0. The summed E-state index contributed by atoms with van der Waals surface area (Å²) in [5.41, 5.74) is 0. The summed E-state index contributed by atoms with van der Waals surface area (Å²) in [5.74, 6) is -2.01. The highest BCUT2D eigenvalue weighted by molar-refractivity contribution is 7.15. The summed E-state index contributed by atoms with van der Waals surface area (Å²) in [7, 11) is 0. The molecule has 1 aromatic heterocycles. The van der Waals surface area contributed by atoms with Gasteiger partial charge >= 0.3 is 11.0 Å². The van der Waals surface area contributed by atoms with E-state index >= 15 is 0 Å². The quantitative estimate of drug-likeness (QED) is 0.674. The Morgan fingerprint density at radius 1 is 1.45 bits per heavy atom. The van der Waals surface area contributed by atoms with E-state index in [4.69, 9.17) is 0 Å². The second-order valence-electron chi connectivity index (χ2n) is 5.06. The zero-order valence-electron chi connectivity index (χ0n) is 10.4. The molecular weight excluding hydrogens is 284 g/mol. The lowest BCUT2D eigenvalue weighted by Gasteiger charge is -2.25. The molecule has 0 radical (unpaired) electrons. The summed E-state index contributed by atoms with van der Waals surface area (Å²) < 4.78 is 0. The topological polar surface area (TPSA) is 101 Å². The summed E-state index contributed by atoms with van der Waals surface area (Å²) in [6.07, 6.45) is 1.73. The van der Waals surface area contributed by atoms with Gasteiger partial charge in [-0.3, -0.25) is 19.7 Å². The number of likely N-dealkylation sites (tertiary alicyclic amines) is 1. The second kappa shape index (κ2) is 4.55. The van der Waals surface area contributed by atoms with Crippen molar-refractivity contribution >= 4 is 28.2 Å². The molecule has 106 valence electrons. The van der Waals surface area contributed by atoms with Crippen LogP contribution in [-0.4, -0.2) is 32.8 Å². The Balaban J connectivity index is 1.98. The third-order valence-corrected chi connectivity index (χ3v) is 4.81. The summed E-state index contributed by atoms with van der Waals surface area (Å²) in [6, 6.07) is 2.47. The summed E-state index contributed by atoms with van der Waals surface area (Å²) in [4.78, 5) is 35.8. The molecule has 0 spiro atoms. The van der Waals surface area contributed by atoms with Gasteiger partial charge in [-0.1, -0.05) is 11.3 Å². The maximum Gasteiger partial charge on any atom is 0.324 e. The normalized spacial score (nSPS) is 26.0. The predicted octanol–water partition coefficient (Wildman–Crippen LogP) is 1.79. The minimum atomic E-state index is -1.03. The van der Waals surface area contributed by atoms with Gasteiger partial charge in [0, 0.05) is 23.4 Å². The number of nitrogens with zero attached hydrogens (tertiary/aromatic N) is 2. The number of carbonyl (C=O) groups excluding carboxylic acids is 1. The van der Waals surface area contributed by atoms with E-state index in [2.05, 4.69) is 0 Å². The number of carboxylic acid groups (broad SMARTS) is 1. The van der Waals surface area contributed by atoms with Gasteiger partial charge in [0.15, 0.2) is 0 Å². The molecule has 7 nitrogen and oxygen atoms in total. The number of carbonyl (C=O) groups is 2. The van der Waals surface area contributed by atoms with Crippen molar-refractivity contribution in [3.05, 3.63) is 27.1 Å². The molecule has 1 aliphatic heterocycles. The van der Waals surface area contributed by atoms with Crippen LogP contribution in [0.4, 0.5) is 5.00 Å². The molecule has 2 unspecified atom stereocenters. The van der Waals surface area contributed by atoms with E-state index in [1.165, 1.54) is 6.07 Å². The molecule has 20 heavy (non-hydrogen) atoms. The van der Waals surface area contributed by atoms with Crippen LogP contribution in [0.2, 0.25) is 0 Å². The Labute approximate surface area is 118 Å². The minimum absolute atomic E-state index is 0.0256. The van der Waals surface area contributed by atoms with E-state index in [9.17, 15) is 24.8 Å². The third kappa shape index (κ3) is 2.05. The van der Waals surface area contributed by atoms with Crippen molar-refractivity contribution in [1.82, 2.24) is 4.90 Å². The lowest BCUT2D eigenvalue weighted by molar-refractivity contribution is -0.380. The van der Waals surface area contributed by atoms with Gasteiger partial charge in [-0.05, 0) is 18.9 Å². The van der Waals surface area contributed by atoms with E-state index in [0.29, 0.717) is 4.88 Å². The molecule has 1 aliphatic carbocycles. The van der Waals surface area contributed by atoms with Crippen molar-refractivity contribution < 1.29 is 19.6 Å². The van der Waals surface area contributed by atoms with Crippen LogP contribution in [0.5, 0.6) is 0 Å². The first-order valence-corrected chi connectivity index (χ1v) is 7.09. The summed E-state index contributed by atoms with van der Waals surface area (Å²) >= 11 is 0.954. The van der Waals surface area contributed by atoms with E-state index in [-0.39, 0.29) is 23.4 Å². The minimum Gasteiger partial charge on any atom is -0.481 e. The molecule has 2 atom stereocenters. The van der Waals surface area contributed by atoms with E-state index in [1.807, 2.05) is 0 Å². The van der Waals surface area contributed by atoms with Gasteiger partial charge in [0.25, 0.3) is 0 Å². The fourth-order valence-electron chi connectivity index (χ4n) is 2.69. The van der Waals surface area contributed by atoms with Gasteiger partial charge in [-0.15, -0.1) is 0 Å². The highest BCUT2D eigenvalue weighted by atomic mass is 32.1. The molecule has 0 aromatic carbocycles. The average Bonchev–Trinajstić information content (AvgIpc) is 2.97. The fourth-order valence-corrected chi connectivity index (χ4v) is 3.68. The highest BCUT2D eigenvalue weighted by Gasteiger charge is 2.50. The molecule has 2 heterocycles. The number of nitro groups is 1. The number of hydrogen-bond acceptors (Lipinski definition) is 5. The summed E-state index contributed by atoms with van der Waals surface area (Å²) in [6.45, 7) is 0. The van der Waals surface area contributed by atoms with Crippen LogP contribution in [0.3, 0.4) is 0 Å². The first-order chi connectivity index (χ1) is 9.49. The van der Waals surface area contributed by atoms with Crippen LogP contribution in [0.15, 0.2) is 12.1 Å². The van der Waals surface area contributed by atoms with Crippen molar-refractivity contribution in [2.45, 2.75) is 31.3 Å². The van der Waals surface area contributed by atoms with Gasteiger partial charge in [0.2, 0.25) is 5.91 Å². The Hall–Kier alpha value is -1.96. The first kappa shape index (κ1) is 13.0. The largest absolute Gasteiger partial charge is 0.481 e. The maximum absolute atomic E-state index is 12.0. The van der Waals surface area contributed by atoms with Gasteiger partial charge in [-0.25, -0.2) is 0 Å². The van der Waals surface area contributed by atoms with Crippen LogP contribution in [0, 0.1) is 16.0 Å². The molecule has 2 fully saturated rings. The van der Waals surface area contributed by atoms with Crippen LogP contribution in [-0.2, 0) is 9.59 Å². The molecule has 3 rings (SSSR count). The highest BCUT2D eigenvalue weighted by Crippen LogP contribution is 2.47. The Bertz CT molecular complexity index is 594. The molecule has 1 saturated heterocycles. The number of hydrogen-bond donors (Lipinski definition) is 1. The van der Waals surface area contributed by atoms with Gasteiger partial charge in [0.05, 0.1) is 16.9 Å². The van der Waals surface area contributed by atoms with Crippen molar-refractivity contribution in [2.24, 2.45) is 5.92 Å². The number of aliphatic carboxylic acids is 1. The molecule has 1 aromatic rings. The van der Waals surface area contributed by atoms with Crippen molar-refractivity contribution in [3.8, 4) is 0 Å². The van der Waals surface area contributed by atoms with Gasteiger partial charge in [0.1, 0.15) is 0 Å². The number of rotatable bonds is 4. The number of thiophene rings is 1. The summed E-state index contributed by atoms with van der Waals surface area (Å²) in [5, 5.41) is 20.0. The smallest absolute Gasteiger partial charge is 0.324 e. The zero-order chi connectivity index (χ0) is 14.4. The molecule has 0 bridgehead atoms. The van der Waals surface area contributed by atoms with Crippen molar-refractivity contribution in [1.29, 1.82) is 0 Å². The standard InChI is InChI=1S/C12H12N2O5S/c15-9-5-7(12(16)17)11(13(9)6-1-2-6)8-3-4-10(20-8)14(18)19/h3-4,6-7,11H,1-2,5H2,(H,16,17). The SMILES string of the molecule is O=C(O)C1CC(=O)N(C2CC2)C1c1ccc([N+](=O)[O-])s1. The van der Waals surface area contributed by atoms with Gasteiger partial charge in [-0.2, -0.15) is 0 Å². The average molecular weight is 296 g/mol. The van der Waals surface area contributed by atoms with Crippen molar-refractivity contribution in [2.75, 3.05) is 0 Å². The van der Waals surface area contributed by atoms with E-state index in [1.54, 1.807) is 11.0 Å². The fraction of sp³-hybridized carbons (Fsp3) is 0.500. The third-order valence-electron chi connectivity index (χ3n) is 3.70. The van der Waals surface area contributed by atoms with E-state index < -0.39 is 22.9 Å². The Morgan fingerprint density at radius 3 is 2.65 bits per heavy atom. The number of amides is 1.